The zero-order chi connectivity index (χ0) is 12.3. The van der Waals surface area contributed by atoms with Gasteiger partial charge in [-0.1, -0.05) is 0 Å². The van der Waals surface area contributed by atoms with Gasteiger partial charge in [0, 0.05) is 23.9 Å². The normalized spacial score (nSPS) is 10.4. The van der Waals surface area contributed by atoms with Crippen molar-refractivity contribution in [3.8, 4) is 0 Å². The molecule has 0 fully saturated rings. The average molecular weight is 235 g/mol. The van der Waals surface area contributed by atoms with Crippen molar-refractivity contribution >= 4 is 23.1 Å². The van der Waals surface area contributed by atoms with Gasteiger partial charge in [0.15, 0.2) is 0 Å². The van der Waals surface area contributed by atoms with Crippen LogP contribution in [0.15, 0.2) is 28.7 Å². The Balaban J connectivity index is 2.24. The summed E-state index contributed by atoms with van der Waals surface area (Å²) in [6.45, 7) is 0.596. The van der Waals surface area contributed by atoms with Gasteiger partial charge in [-0.25, -0.2) is 0 Å². The Kier molecular flexibility index (Phi) is 3.04. The van der Waals surface area contributed by atoms with E-state index in [-0.39, 0.29) is 12.3 Å². The van der Waals surface area contributed by atoms with Gasteiger partial charge in [-0.3, -0.25) is 14.9 Å². The van der Waals surface area contributed by atoms with Crippen LogP contribution in [-0.2, 0) is 16.0 Å². The van der Waals surface area contributed by atoms with E-state index in [1.54, 1.807) is 12.1 Å². The third-order valence-corrected chi connectivity index (χ3v) is 2.30. The Morgan fingerprint density at radius 1 is 1.41 bits per heavy atom. The van der Waals surface area contributed by atoms with Gasteiger partial charge in [0.25, 0.3) is 12.2 Å². The van der Waals surface area contributed by atoms with Crippen molar-refractivity contribution in [3.05, 3.63) is 40.1 Å². The number of furan rings is 1. The van der Waals surface area contributed by atoms with Crippen molar-refractivity contribution in [1.29, 1.82) is 0 Å². The molecule has 0 spiro atoms. The van der Waals surface area contributed by atoms with Crippen LogP contribution in [0, 0.1) is 10.1 Å². The van der Waals surface area contributed by atoms with Crippen molar-refractivity contribution in [2.45, 2.75) is 6.42 Å². The fourth-order valence-corrected chi connectivity index (χ4v) is 1.53. The number of hydrogen-bond acceptors (Lipinski definition) is 5. The standard InChI is InChI=1S/C11H9NO5/c13-7-16-4-3-10-6-8-5-9(12(14)15)1-2-11(8)17-10/h1-2,5-7H,3-4H2. The molecule has 0 saturated heterocycles. The minimum atomic E-state index is -0.457. The Morgan fingerprint density at radius 3 is 2.94 bits per heavy atom. The lowest BCUT2D eigenvalue weighted by atomic mass is 10.2. The van der Waals surface area contributed by atoms with Gasteiger partial charge in [-0.2, -0.15) is 0 Å². The molecule has 1 heterocycles. The minimum Gasteiger partial charge on any atom is -0.467 e. The number of carbonyl (C=O) groups excluding carboxylic acids is 1. The van der Waals surface area contributed by atoms with Gasteiger partial charge < -0.3 is 9.15 Å². The van der Waals surface area contributed by atoms with E-state index in [9.17, 15) is 14.9 Å². The van der Waals surface area contributed by atoms with Crippen molar-refractivity contribution < 1.29 is 18.9 Å². The second-order valence-corrected chi connectivity index (χ2v) is 3.41. The molecule has 0 aliphatic rings. The summed E-state index contributed by atoms with van der Waals surface area (Å²) in [5.74, 6) is 0.627. The predicted octanol–water partition coefficient (Wildman–Crippen LogP) is 2.06. The number of ether oxygens (including phenoxy) is 1. The van der Waals surface area contributed by atoms with E-state index in [4.69, 9.17) is 4.42 Å². The molecule has 2 rings (SSSR count). The molecule has 1 aromatic carbocycles. The fraction of sp³-hybridized carbons (Fsp3) is 0.182. The van der Waals surface area contributed by atoms with E-state index in [0.717, 1.165) is 0 Å². The largest absolute Gasteiger partial charge is 0.467 e. The highest BCUT2D eigenvalue weighted by atomic mass is 16.6. The second-order valence-electron chi connectivity index (χ2n) is 3.41. The first-order valence-electron chi connectivity index (χ1n) is 4.93. The molecule has 2 aromatic rings. The van der Waals surface area contributed by atoms with Gasteiger partial charge in [0.1, 0.15) is 11.3 Å². The highest BCUT2D eigenvalue weighted by molar-refractivity contribution is 5.80. The van der Waals surface area contributed by atoms with Crippen LogP contribution in [0.2, 0.25) is 0 Å². The maximum Gasteiger partial charge on any atom is 0.293 e. The Labute approximate surface area is 95.9 Å². The molecule has 6 heteroatoms. The van der Waals surface area contributed by atoms with Gasteiger partial charge >= 0.3 is 0 Å². The summed E-state index contributed by atoms with van der Waals surface area (Å²) in [5, 5.41) is 11.2. The minimum absolute atomic E-state index is 0.0222. The molecule has 0 radical (unpaired) electrons. The molecule has 0 bridgehead atoms. The van der Waals surface area contributed by atoms with Crippen LogP contribution in [-0.4, -0.2) is 18.0 Å². The number of rotatable bonds is 5. The highest BCUT2D eigenvalue weighted by Gasteiger charge is 2.09. The van der Waals surface area contributed by atoms with Crippen LogP contribution in [0.3, 0.4) is 0 Å². The van der Waals surface area contributed by atoms with Crippen LogP contribution in [0.1, 0.15) is 5.76 Å². The molecule has 0 aliphatic heterocycles. The molecule has 0 atom stereocenters. The first kappa shape index (κ1) is 11.1. The smallest absolute Gasteiger partial charge is 0.293 e. The highest BCUT2D eigenvalue weighted by Crippen LogP contribution is 2.24. The van der Waals surface area contributed by atoms with Crippen LogP contribution in [0.4, 0.5) is 5.69 Å². The first-order valence-corrected chi connectivity index (χ1v) is 4.93. The van der Waals surface area contributed by atoms with Gasteiger partial charge in [-0.15, -0.1) is 0 Å². The van der Waals surface area contributed by atoms with Crippen LogP contribution in [0.25, 0.3) is 11.0 Å². The summed E-state index contributed by atoms with van der Waals surface area (Å²) in [7, 11) is 0. The van der Waals surface area contributed by atoms with E-state index in [1.807, 2.05) is 0 Å². The zero-order valence-electron chi connectivity index (χ0n) is 8.79. The van der Waals surface area contributed by atoms with E-state index in [1.165, 1.54) is 12.1 Å². The summed E-state index contributed by atoms with van der Waals surface area (Å²) in [6, 6.07) is 6.09. The molecule has 1 aromatic heterocycles. The summed E-state index contributed by atoms with van der Waals surface area (Å²) < 4.78 is 9.98. The van der Waals surface area contributed by atoms with Gasteiger partial charge in [0.2, 0.25) is 0 Å². The SMILES string of the molecule is O=COCCc1cc2cc([N+](=O)[O-])ccc2o1. The van der Waals surface area contributed by atoms with Crippen LogP contribution < -0.4 is 0 Å². The summed E-state index contributed by atoms with van der Waals surface area (Å²) in [6.07, 6.45) is 0.446. The van der Waals surface area contributed by atoms with Crippen LogP contribution >= 0.6 is 0 Å². The second kappa shape index (κ2) is 4.65. The Bertz CT molecular complexity index is 560. The number of hydrogen-bond donors (Lipinski definition) is 0. The molecule has 88 valence electrons. The number of nitro benzene ring substituents is 1. The van der Waals surface area contributed by atoms with Crippen molar-refractivity contribution in [3.63, 3.8) is 0 Å². The molecule has 0 aliphatic carbocycles. The van der Waals surface area contributed by atoms with E-state index in [0.29, 0.717) is 29.6 Å². The van der Waals surface area contributed by atoms with Gasteiger partial charge in [0.05, 0.1) is 11.5 Å². The fourth-order valence-electron chi connectivity index (χ4n) is 1.53. The quantitative estimate of drug-likeness (QED) is 0.343. The van der Waals surface area contributed by atoms with E-state index < -0.39 is 4.92 Å². The molecule has 0 amide bonds. The molecular weight excluding hydrogens is 226 g/mol. The number of nitro groups is 1. The lowest BCUT2D eigenvalue weighted by molar-refractivity contribution is -0.384. The Hall–Kier alpha value is -2.37. The summed E-state index contributed by atoms with van der Waals surface area (Å²) in [4.78, 5) is 20.1. The van der Waals surface area contributed by atoms with Crippen molar-refractivity contribution in [2.24, 2.45) is 0 Å². The van der Waals surface area contributed by atoms with Gasteiger partial charge in [-0.05, 0) is 12.1 Å². The maximum absolute atomic E-state index is 10.6. The number of fused-ring (bicyclic) bond motifs is 1. The topological polar surface area (TPSA) is 82.6 Å². The van der Waals surface area contributed by atoms with Crippen LogP contribution in [0.5, 0.6) is 0 Å². The monoisotopic (exact) mass is 235 g/mol. The first-order chi connectivity index (χ1) is 8.20. The van der Waals surface area contributed by atoms with E-state index in [2.05, 4.69) is 4.74 Å². The summed E-state index contributed by atoms with van der Waals surface area (Å²) >= 11 is 0. The lowest BCUT2D eigenvalue weighted by Crippen LogP contribution is -1.94. The molecule has 0 saturated carbocycles. The number of non-ortho nitro benzene ring substituents is 1. The zero-order valence-corrected chi connectivity index (χ0v) is 8.79. The number of benzene rings is 1. The van der Waals surface area contributed by atoms with Crippen molar-refractivity contribution in [2.75, 3.05) is 6.61 Å². The molecular formula is C11H9NO5. The number of carbonyl (C=O) groups is 1. The third kappa shape index (κ3) is 2.41. The molecule has 17 heavy (non-hydrogen) atoms. The molecule has 0 N–H and O–H groups in total. The summed E-state index contributed by atoms with van der Waals surface area (Å²) in [5.41, 5.74) is 0.602. The van der Waals surface area contributed by atoms with E-state index >= 15 is 0 Å². The van der Waals surface area contributed by atoms with Crippen molar-refractivity contribution in [1.82, 2.24) is 0 Å². The third-order valence-electron chi connectivity index (χ3n) is 2.30. The molecule has 6 nitrogen and oxygen atoms in total. The molecule has 0 unspecified atom stereocenters. The number of nitrogens with zero attached hydrogens (tertiary/aromatic N) is 1. The Morgan fingerprint density at radius 2 is 2.24 bits per heavy atom. The maximum atomic E-state index is 10.6. The average Bonchev–Trinajstić information content (AvgIpc) is 2.70. The predicted molar refractivity (Wildman–Crippen MR) is 58.6 cm³/mol. The lowest BCUT2D eigenvalue weighted by Gasteiger charge is -1.93.